The fourth-order valence-electron chi connectivity index (χ4n) is 0.765. The number of amides is 2. The van der Waals surface area contributed by atoms with Crippen molar-refractivity contribution in [3.63, 3.8) is 0 Å². The molecule has 13 heavy (non-hydrogen) atoms. The van der Waals surface area contributed by atoms with Gasteiger partial charge < -0.3 is 16.0 Å². The van der Waals surface area contributed by atoms with Crippen LogP contribution in [0.3, 0.4) is 0 Å². The van der Waals surface area contributed by atoms with Gasteiger partial charge in [0.05, 0.1) is 6.54 Å². The highest BCUT2D eigenvalue weighted by atomic mass is 16.2. The standard InChI is InChI=1S/C8H17N3O2/c1-3-10-8(13)6-11-7(12)4-5-9-2/h9H,3-6H2,1-2H3,(H,10,13)(H,11,12). The molecule has 2 amide bonds. The molecular formula is C8H17N3O2. The molecule has 0 saturated carbocycles. The van der Waals surface area contributed by atoms with Crippen LogP contribution in [0.1, 0.15) is 13.3 Å². The van der Waals surface area contributed by atoms with E-state index in [0.717, 1.165) is 0 Å². The molecule has 0 unspecified atom stereocenters. The molecular weight excluding hydrogens is 170 g/mol. The van der Waals surface area contributed by atoms with E-state index >= 15 is 0 Å². The maximum Gasteiger partial charge on any atom is 0.239 e. The molecule has 3 N–H and O–H groups in total. The Balaban J connectivity index is 3.40. The van der Waals surface area contributed by atoms with Gasteiger partial charge in [0, 0.05) is 19.5 Å². The van der Waals surface area contributed by atoms with Crippen LogP contribution in [0.25, 0.3) is 0 Å². The quantitative estimate of drug-likeness (QED) is 0.491. The first-order valence-corrected chi connectivity index (χ1v) is 4.38. The number of hydrogen-bond donors (Lipinski definition) is 3. The predicted molar refractivity (Wildman–Crippen MR) is 50.2 cm³/mol. The van der Waals surface area contributed by atoms with Crippen LogP contribution in [0.15, 0.2) is 0 Å². The third-order valence-corrected chi connectivity index (χ3v) is 1.42. The fourth-order valence-corrected chi connectivity index (χ4v) is 0.765. The van der Waals surface area contributed by atoms with Gasteiger partial charge in [-0.25, -0.2) is 0 Å². The van der Waals surface area contributed by atoms with Gasteiger partial charge in [-0.15, -0.1) is 0 Å². The lowest BCUT2D eigenvalue weighted by molar-refractivity contribution is -0.126. The van der Waals surface area contributed by atoms with E-state index in [9.17, 15) is 9.59 Å². The number of carbonyl (C=O) groups is 2. The molecule has 0 aromatic carbocycles. The van der Waals surface area contributed by atoms with Gasteiger partial charge in [0.25, 0.3) is 0 Å². The smallest absolute Gasteiger partial charge is 0.239 e. The molecule has 0 aromatic rings. The summed E-state index contributed by atoms with van der Waals surface area (Å²) in [4.78, 5) is 21.9. The van der Waals surface area contributed by atoms with Crippen molar-refractivity contribution in [2.45, 2.75) is 13.3 Å². The molecule has 0 bridgehead atoms. The second-order valence-electron chi connectivity index (χ2n) is 2.58. The summed E-state index contributed by atoms with van der Waals surface area (Å²) >= 11 is 0. The molecule has 5 heteroatoms. The van der Waals surface area contributed by atoms with Crippen LogP contribution in [0.4, 0.5) is 0 Å². The van der Waals surface area contributed by atoms with Gasteiger partial charge in [-0.05, 0) is 14.0 Å². The zero-order valence-corrected chi connectivity index (χ0v) is 8.14. The summed E-state index contributed by atoms with van der Waals surface area (Å²) in [5.41, 5.74) is 0. The minimum Gasteiger partial charge on any atom is -0.355 e. The molecule has 76 valence electrons. The van der Waals surface area contributed by atoms with Crippen LogP contribution >= 0.6 is 0 Å². The van der Waals surface area contributed by atoms with Crippen molar-refractivity contribution in [3.8, 4) is 0 Å². The zero-order chi connectivity index (χ0) is 10.1. The molecule has 0 aliphatic rings. The monoisotopic (exact) mass is 187 g/mol. The first-order chi connectivity index (χ1) is 6.20. The summed E-state index contributed by atoms with van der Waals surface area (Å²) in [5, 5.41) is 7.95. The van der Waals surface area contributed by atoms with Gasteiger partial charge in [-0.3, -0.25) is 9.59 Å². The average Bonchev–Trinajstić information content (AvgIpc) is 2.12. The first kappa shape index (κ1) is 11.9. The Hall–Kier alpha value is -1.10. The molecule has 0 fully saturated rings. The van der Waals surface area contributed by atoms with E-state index in [-0.39, 0.29) is 18.4 Å². The number of likely N-dealkylation sites (N-methyl/N-ethyl adjacent to an activating group) is 1. The summed E-state index contributed by atoms with van der Waals surface area (Å²) < 4.78 is 0. The Morgan fingerprint density at radius 3 is 2.38 bits per heavy atom. The van der Waals surface area contributed by atoms with Gasteiger partial charge in [0.2, 0.25) is 11.8 Å². The second kappa shape index (κ2) is 7.54. The minimum atomic E-state index is -0.152. The van der Waals surface area contributed by atoms with Gasteiger partial charge in [-0.1, -0.05) is 0 Å². The SMILES string of the molecule is CCNC(=O)CNC(=O)CCNC. The van der Waals surface area contributed by atoms with E-state index in [2.05, 4.69) is 16.0 Å². The molecule has 0 saturated heterocycles. The molecule has 0 atom stereocenters. The Kier molecular flexibility index (Phi) is 6.91. The van der Waals surface area contributed by atoms with E-state index in [1.165, 1.54) is 0 Å². The summed E-state index contributed by atoms with van der Waals surface area (Å²) in [6.45, 7) is 3.11. The number of nitrogens with one attached hydrogen (secondary N) is 3. The lowest BCUT2D eigenvalue weighted by Gasteiger charge is -2.04. The maximum absolute atomic E-state index is 11.0. The highest BCUT2D eigenvalue weighted by Gasteiger charge is 2.02. The van der Waals surface area contributed by atoms with Crippen LogP contribution in [0.2, 0.25) is 0 Å². The highest BCUT2D eigenvalue weighted by Crippen LogP contribution is 1.75. The third-order valence-electron chi connectivity index (χ3n) is 1.42. The summed E-state index contributed by atoms with van der Waals surface area (Å²) in [6, 6.07) is 0. The normalized spacial score (nSPS) is 9.38. The van der Waals surface area contributed by atoms with E-state index in [1.807, 2.05) is 6.92 Å². The lowest BCUT2D eigenvalue weighted by Crippen LogP contribution is -2.37. The van der Waals surface area contributed by atoms with E-state index in [0.29, 0.717) is 19.5 Å². The largest absolute Gasteiger partial charge is 0.355 e. The lowest BCUT2D eigenvalue weighted by atomic mass is 10.4. The average molecular weight is 187 g/mol. The van der Waals surface area contributed by atoms with Crippen molar-refractivity contribution >= 4 is 11.8 Å². The summed E-state index contributed by atoms with van der Waals surface area (Å²) in [6.07, 6.45) is 0.399. The van der Waals surface area contributed by atoms with Crippen LogP contribution in [0, 0.1) is 0 Å². The molecule has 0 spiro atoms. The topological polar surface area (TPSA) is 70.2 Å². The number of rotatable bonds is 6. The van der Waals surface area contributed by atoms with Crippen molar-refractivity contribution in [2.75, 3.05) is 26.7 Å². The van der Waals surface area contributed by atoms with Gasteiger partial charge in [0.15, 0.2) is 0 Å². The molecule has 0 aliphatic carbocycles. The molecule has 5 nitrogen and oxygen atoms in total. The Bertz CT molecular complexity index is 171. The zero-order valence-electron chi connectivity index (χ0n) is 8.14. The predicted octanol–water partition coefficient (Wildman–Crippen LogP) is -1.15. The fraction of sp³-hybridized carbons (Fsp3) is 0.750. The van der Waals surface area contributed by atoms with Crippen molar-refractivity contribution in [3.05, 3.63) is 0 Å². The van der Waals surface area contributed by atoms with Crippen LogP contribution in [-0.4, -0.2) is 38.5 Å². The molecule has 0 aromatic heterocycles. The minimum absolute atomic E-state index is 0.0659. The van der Waals surface area contributed by atoms with Gasteiger partial charge >= 0.3 is 0 Å². The van der Waals surface area contributed by atoms with Crippen molar-refractivity contribution < 1.29 is 9.59 Å². The Labute approximate surface area is 78.3 Å². The van der Waals surface area contributed by atoms with E-state index in [1.54, 1.807) is 7.05 Å². The Morgan fingerprint density at radius 1 is 1.15 bits per heavy atom. The number of hydrogen-bond acceptors (Lipinski definition) is 3. The molecule has 0 rings (SSSR count). The summed E-state index contributed by atoms with van der Waals surface area (Å²) in [5.74, 6) is -0.263. The van der Waals surface area contributed by atoms with Crippen molar-refractivity contribution in [2.24, 2.45) is 0 Å². The van der Waals surface area contributed by atoms with Gasteiger partial charge in [0.1, 0.15) is 0 Å². The molecule has 0 aliphatic heterocycles. The first-order valence-electron chi connectivity index (χ1n) is 4.38. The third kappa shape index (κ3) is 7.27. The van der Waals surface area contributed by atoms with Crippen molar-refractivity contribution in [1.29, 1.82) is 0 Å². The van der Waals surface area contributed by atoms with E-state index < -0.39 is 0 Å². The summed E-state index contributed by atoms with van der Waals surface area (Å²) in [7, 11) is 1.77. The Morgan fingerprint density at radius 2 is 1.85 bits per heavy atom. The maximum atomic E-state index is 11.0. The van der Waals surface area contributed by atoms with Crippen LogP contribution in [0.5, 0.6) is 0 Å². The van der Waals surface area contributed by atoms with Crippen LogP contribution in [-0.2, 0) is 9.59 Å². The molecule has 0 heterocycles. The highest BCUT2D eigenvalue weighted by molar-refractivity contribution is 5.84. The van der Waals surface area contributed by atoms with Crippen LogP contribution < -0.4 is 16.0 Å². The second-order valence-corrected chi connectivity index (χ2v) is 2.58. The molecule has 0 radical (unpaired) electrons. The van der Waals surface area contributed by atoms with Crippen molar-refractivity contribution in [1.82, 2.24) is 16.0 Å². The van der Waals surface area contributed by atoms with Gasteiger partial charge in [-0.2, -0.15) is 0 Å². The van der Waals surface area contributed by atoms with E-state index in [4.69, 9.17) is 0 Å². The number of carbonyl (C=O) groups excluding carboxylic acids is 2.